The van der Waals surface area contributed by atoms with Gasteiger partial charge in [-0.15, -0.1) is 0 Å². The highest BCUT2D eigenvalue weighted by molar-refractivity contribution is 5.75. The van der Waals surface area contributed by atoms with Crippen molar-refractivity contribution in [3.8, 4) is 0 Å². The molecule has 4 heteroatoms. The smallest absolute Gasteiger partial charge is 0.309 e. The van der Waals surface area contributed by atoms with E-state index in [1.807, 2.05) is 6.92 Å². The molecule has 80 valence electrons. The Kier molecular flexibility index (Phi) is 2.08. The van der Waals surface area contributed by atoms with Gasteiger partial charge in [-0.3, -0.25) is 4.79 Å². The fraction of sp³-hybridized carbons (Fsp3) is 0.900. The third kappa shape index (κ3) is 1.25. The van der Waals surface area contributed by atoms with Gasteiger partial charge in [-0.05, 0) is 19.8 Å². The van der Waals surface area contributed by atoms with Crippen molar-refractivity contribution >= 4 is 5.97 Å². The molecule has 0 bridgehead atoms. The Hall–Kier alpha value is -0.610. The van der Waals surface area contributed by atoms with E-state index in [2.05, 4.69) is 0 Å². The summed E-state index contributed by atoms with van der Waals surface area (Å²) in [5, 5.41) is 19.6. The second-order valence-electron chi connectivity index (χ2n) is 4.69. The summed E-state index contributed by atoms with van der Waals surface area (Å²) >= 11 is 0. The largest absolute Gasteiger partial charge is 0.459 e. The van der Waals surface area contributed by atoms with Crippen molar-refractivity contribution in [3.05, 3.63) is 0 Å². The van der Waals surface area contributed by atoms with E-state index in [9.17, 15) is 15.0 Å². The summed E-state index contributed by atoms with van der Waals surface area (Å²) in [4.78, 5) is 11.3. The molecular formula is C10H16O4. The van der Waals surface area contributed by atoms with E-state index in [-0.39, 0.29) is 17.8 Å². The lowest BCUT2D eigenvalue weighted by Crippen LogP contribution is -2.53. The van der Waals surface area contributed by atoms with Gasteiger partial charge >= 0.3 is 5.97 Å². The number of carbonyl (C=O) groups is 1. The predicted octanol–water partition coefficient (Wildman–Crippen LogP) is 0.0698. The number of ether oxygens (including phenoxy) is 1. The Bertz CT molecular complexity index is 261. The van der Waals surface area contributed by atoms with Gasteiger partial charge in [-0.1, -0.05) is 6.92 Å². The maximum absolute atomic E-state index is 11.3. The quantitative estimate of drug-likeness (QED) is 0.543. The first kappa shape index (κ1) is 9.93. The maximum Gasteiger partial charge on any atom is 0.309 e. The lowest BCUT2D eigenvalue weighted by molar-refractivity contribution is -0.168. The molecule has 5 atom stereocenters. The van der Waals surface area contributed by atoms with Gasteiger partial charge < -0.3 is 14.9 Å². The molecule has 0 aromatic heterocycles. The summed E-state index contributed by atoms with van der Waals surface area (Å²) in [5.41, 5.74) is -1.12. The minimum Gasteiger partial charge on any atom is -0.459 e. The van der Waals surface area contributed by atoms with Crippen molar-refractivity contribution in [3.63, 3.8) is 0 Å². The zero-order valence-corrected chi connectivity index (χ0v) is 8.43. The Balaban J connectivity index is 2.22. The number of esters is 1. The average Bonchev–Trinajstić information content (AvgIpc) is 2.38. The second-order valence-corrected chi connectivity index (χ2v) is 4.69. The summed E-state index contributed by atoms with van der Waals surface area (Å²) in [6.07, 6.45) is -0.200. The highest BCUT2D eigenvalue weighted by atomic mass is 16.6. The molecule has 1 aliphatic carbocycles. The van der Waals surface area contributed by atoms with Crippen LogP contribution < -0.4 is 0 Å². The summed E-state index contributed by atoms with van der Waals surface area (Å²) in [5.74, 6) is -0.333. The van der Waals surface area contributed by atoms with Gasteiger partial charge in [0.05, 0.1) is 11.5 Å². The molecule has 1 saturated heterocycles. The van der Waals surface area contributed by atoms with E-state index in [4.69, 9.17) is 4.74 Å². The van der Waals surface area contributed by atoms with E-state index in [1.165, 1.54) is 0 Å². The highest BCUT2D eigenvalue weighted by Gasteiger charge is 2.53. The number of aliphatic hydroxyl groups is 2. The van der Waals surface area contributed by atoms with Crippen molar-refractivity contribution < 1.29 is 19.7 Å². The van der Waals surface area contributed by atoms with Gasteiger partial charge in [0.15, 0.2) is 0 Å². The Morgan fingerprint density at radius 3 is 2.86 bits per heavy atom. The zero-order valence-electron chi connectivity index (χ0n) is 8.43. The van der Waals surface area contributed by atoms with Crippen LogP contribution >= 0.6 is 0 Å². The lowest BCUT2D eigenvalue weighted by Gasteiger charge is -2.40. The van der Waals surface area contributed by atoms with Crippen LogP contribution in [-0.2, 0) is 9.53 Å². The van der Waals surface area contributed by atoms with Crippen LogP contribution in [0.3, 0.4) is 0 Å². The lowest BCUT2D eigenvalue weighted by atomic mass is 9.73. The predicted molar refractivity (Wildman–Crippen MR) is 48.4 cm³/mol. The monoisotopic (exact) mass is 200 g/mol. The zero-order chi connectivity index (χ0) is 10.5. The standard InChI is InChI=1S/C10H16O4/c1-5-6-3-4-10(2,13)8(11)7(6)14-9(5)12/h5-8,11,13H,3-4H2,1-2H3/t5?,6?,7-,8+,10-/m0/s1. The highest BCUT2D eigenvalue weighted by Crippen LogP contribution is 2.42. The Labute approximate surface area is 82.9 Å². The molecule has 14 heavy (non-hydrogen) atoms. The van der Waals surface area contributed by atoms with E-state index < -0.39 is 17.8 Å². The maximum atomic E-state index is 11.3. The number of rotatable bonds is 0. The van der Waals surface area contributed by atoms with Crippen LogP contribution in [0.1, 0.15) is 26.7 Å². The molecule has 1 saturated carbocycles. The van der Waals surface area contributed by atoms with Gasteiger partial charge in [0.25, 0.3) is 0 Å². The summed E-state index contributed by atoms with van der Waals surface area (Å²) in [7, 11) is 0. The van der Waals surface area contributed by atoms with Crippen molar-refractivity contribution in [1.29, 1.82) is 0 Å². The second kappa shape index (κ2) is 2.94. The molecule has 0 aromatic rings. The van der Waals surface area contributed by atoms with Gasteiger partial charge in [0.2, 0.25) is 0 Å². The number of hydrogen-bond donors (Lipinski definition) is 2. The van der Waals surface area contributed by atoms with E-state index in [1.54, 1.807) is 6.92 Å². The number of carbonyl (C=O) groups excluding carboxylic acids is 1. The molecule has 0 spiro atoms. The molecule has 1 heterocycles. The SMILES string of the molecule is CC1C(=O)O[C@H]2C1CC[C@](C)(O)[C@@H]2O. The van der Waals surface area contributed by atoms with Crippen LogP contribution in [0.5, 0.6) is 0 Å². The molecule has 2 fully saturated rings. The molecule has 0 aromatic carbocycles. The number of fused-ring (bicyclic) bond motifs is 1. The van der Waals surface area contributed by atoms with Crippen molar-refractivity contribution in [2.45, 2.75) is 44.5 Å². The van der Waals surface area contributed by atoms with Gasteiger partial charge in [0, 0.05) is 5.92 Å². The third-order valence-electron chi connectivity index (χ3n) is 3.62. The van der Waals surface area contributed by atoms with Crippen molar-refractivity contribution in [2.75, 3.05) is 0 Å². The summed E-state index contributed by atoms with van der Waals surface area (Å²) in [6, 6.07) is 0. The minimum absolute atomic E-state index is 0.0673. The molecular weight excluding hydrogens is 184 g/mol. The number of aliphatic hydroxyl groups excluding tert-OH is 1. The number of hydrogen-bond acceptors (Lipinski definition) is 4. The minimum atomic E-state index is -1.12. The fourth-order valence-electron chi connectivity index (χ4n) is 2.46. The molecule has 2 N–H and O–H groups in total. The molecule has 1 aliphatic heterocycles. The van der Waals surface area contributed by atoms with Crippen LogP contribution in [0.2, 0.25) is 0 Å². The van der Waals surface area contributed by atoms with Crippen LogP contribution in [0, 0.1) is 11.8 Å². The first-order valence-corrected chi connectivity index (χ1v) is 5.04. The van der Waals surface area contributed by atoms with Gasteiger partial charge in [-0.2, -0.15) is 0 Å². The van der Waals surface area contributed by atoms with Gasteiger partial charge in [-0.25, -0.2) is 0 Å². The summed E-state index contributed by atoms with van der Waals surface area (Å²) in [6.45, 7) is 3.41. The van der Waals surface area contributed by atoms with Gasteiger partial charge in [0.1, 0.15) is 12.2 Å². The topological polar surface area (TPSA) is 66.8 Å². The summed E-state index contributed by atoms with van der Waals surface area (Å²) < 4.78 is 5.08. The van der Waals surface area contributed by atoms with Crippen molar-refractivity contribution in [1.82, 2.24) is 0 Å². The third-order valence-corrected chi connectivity index (χ3v) is 3.62. The Morgan fingerprint density at radius 1 is 1.57 bits per heavy atom. The molecule has 0 amide bonds. The molecule has 2 rings (SSSR count). The van der Waals surface area contributed by atoms with Crippen LogP contribution in [0.15, 0.2) is 0 Å². The first-order chi connectivity index (χ1) is 6.43. The van der Waals surface area contributed by atoms with Crippen LogP contribution in [0.4, 0.5) is 0 Å². The average molecular weight is 200 g/mol. The van der Waals surface area contributed by atoms with E-state index >= 15 is 0 Å². The van der Waals surface area contributed by atoms with Crippen LogP contribution in [0.25, 0.3) is 0 Å². The normalized spacial score (nSPS) is 52.7. The van der Waals surface area contributed by atoms with E-state index in [0.717, 1.165) is 6.42 Å². The molecule has 0 radical (unpaired) electrons. The van der Waals surface area contributed by atoms with Crippen molar-refractivity contribution in [2.24, 2.45) is 11.8 Å². The first-order valence-electron chi connectivity index (χ1n) is 5.04. The fourth-order valence-corrected chi connectivity index (χ4v) is 2.46. The van der Waals surface area contributed by atoms with Crippen LogP contribution in [-0.4, -0.2) is 34.0 Å². The Morgan fingerprint density at radius 2 is 2.21 bits per heavy atom. The molecule has 2 unspecified atom stereocenters. The molecule has 4 nitrogen and oxygen atoms in total. The molecule has 2 aliphatic rings. The van der Waals surface area contributed by atoms with E-state index in [0.29, 0.717) is 6.42 Å².